The molecule has 174 valence electrons. The molecule has 0 aliphatic heterocycles. The predicted molar refractivity (Wildman–Crippen MR) is 143 cm³/mol. The van der Waals surface area contributed by atoms with Crippen LogP contribution in [0.2, 0.25) is 0 Å². The zero-order valence-corrected chi connectivity index (χ0v) is 21.3. The number of thiocarbonyl (C=S) groups is 1. The molecular formula is C26H31N3O2S2. The van der Waals surface area contributed by atoms with Crippen molar-refractivity contribution in [1.82, 2.24) is 0 Å². The van der Waals surface area contributed by atoms with Gasteiger partial charge in [0, 0.05) is 11.4 Å². The van der Waals surface area contributed by atoms with Gasteiger partial charge in [-0.25, -0.2) is 8.42 Å². The van der Waals surface area contributed by atoms with Crippen LogP contribution in [0.1, 0.15) is 48.4 Å². The normalized spacial score (nSPS) is 12.2. The van der Waals surface area contributed by atoms with Crippen LogP contribution < -0.4 is 15.4 Å². The highest BCUT2D eigenvalue weighted by Gasteiger charge is 2.17. The average molecular weight is 482 g/mol. The quantitative estimate of drug-likeness (QED) is 0.326. The highest BCUT2D eigenvalue weighted by Crippen LogP contribution is 2.26. The van der Waals surface area contributed by atoms with E-state index in [0.29, 0.717) is 22.4 Å². The van der Waals surface area contributed by atoms with Gasteiger partial charge in [-0.3, -0.25) is 4.72 Å². The van der Waals surface area contributed by atoms with E-state index in [1.54, 1.807) is 24.3 Å². The lowest BCUT2D eigenvalue weighted by atomic mass is 9.99. The molecule has 3 aromatic carbocycles. The SMILES string of the molecule is CC[C@H](C)c1ccc(NC(=S)Nc2ccc(S(=O)(=O)Nc3c(C)cc(C)cc3C)cc2)cc1. The summed E-state index contributed by atoms with van der Waals surface area (Å²) < 4.78 is 28.5. The van der Waals surface area contributed by atoms with E-state index >= 15 is 0 Å². The minimum Gasteiger partial charge on any atom is -0.332 e. The van der Waals surface area contributed by atoms with E-state index in [9.17, 15) is 8.42 Å². The van der Waals surface area contributed by atoms with Crippen molar-refractivity contribution in [3.05, 3.63) is 82.9 Å². The lowest BCUT2D eigenvalue weighted by Crippen LogP contribution is -2.19. The van der Waals surface area contributed by atoms with Crippen LogP contribution in [-0.2, 0) is 10.0 Å². The Morgan fingerprint density at radius 1 is 0.879 bits per heavy atom. The smallest absolute Gasteiger partial charge is 0.261 e. The standard InChI is InChI=1S/C26H31N3O2S2/c1-6-18(3)21-7-9-22(10-8-21)27-26(32)28-23-11-13-24(14-12-23)33(30,31)29-25-19(4)15-17(2)16-20(25)5/h7-16,18,29H,6H2,1-5H3,(H2,27,28,32)/t18-/m0/s1. The van der Waals surface area contributed by atoms with Gasteiger partial charge in [0.2, 0.25) is 0 Å². The fourth-order valence-corrected chi connectivity index (χ4v) is 5.11. The highest BCUT2D eigenvalue weighted by molar-refractivity contribution is 7.92. The minimum atomic E-state index is -3.70. The highest BCUT2D eigenvalue weighted by atomic mass is 32.2. The topological polar surface area (TPSA) is 70.2 Å². The molecular weight excluding hydrogens is 450 g/mol. The van der Waals surface area contributed by atoms with Gasteiger partial charge >= 0.3 is 0 Å². The van der Waals surface area contributed by atoms with Gasteiger partial charge in [0.1, 0.15) is 0 Å². The summed E-state index contributed by atoms with van der Waals surface area (Å²) in [6, 6.07) is 18.7. The van der Waals surface area contributed by atoms with Crippen molar-refractivity contribution >= 4 is 44.4 Å². The van der Waals surface area contributed by atoms with Crippen molar-refractivity contribution in [2.24, 2.45) is 0 Å². The Balaban J connectivity index is 1.65. The molecule has 0 fully saturated rings. The zero-order chi connectivity index (χ0) is 24.2. The molecule has 0 spiro atoms. The first-order valence-corrected chi connectivity index (χ1v) is 12.9. The summed E-state index contributed by atoms with van der Waals surface area (Å²) in [5.74, 6) is 0.521. The van der Waals surface area contributed by atoms with Crippen LogP contribution in [0.3, 0.4) is 0 Å². The molecule has 0 amide bonds. The molecule has 3 aromatic rings. The molecule has 0 saturated heterocycles. The third kappa shape index (κ3) is 6.33. The van der Waals surface area contributed by atoms with Crippen LogP contribution in [0.25, 0.3) is 0 Å². The van der Waals surface area contributed by atoms with E-state index in [0.717, 1.165) is 28.8 Å². The molecule has 0 heterocycles. The average Bonchev–Trinajstić information content (AvgIpc) is 2.76. The van der Waals surface area contributed by atoms with Gasteiger partial charge in [-0.1, -0.05) is 43.7 Å². The first kappa shape index (κ1) is 24.7. The first-order valence-electron chi connectivity index (χ1n) is 11.0. The molecule has 0 radical (unpaired) electrons. The van der Waals surface area contributed by atoms with Crippen LogP contribution in [0.15, 0.2) is 65.6 Å². The number of aryl methyl sites for hydroxylation is 3. The maximum absolute atomic E-state index is 12.9. The Morgan fingerprint density at radius 3 is 1.85 bits per heavy atom. The summed E-state index contributed by atoms with van der Waals surface area (Å²) in [4.78, 5) is 0.187. The fourth-order valence-electron chi connectivity index (χ4n) is 3.68. The van der Waals surface area contributed by atoms with Gasteiger partial charge in [0.15, 0.2) is 5.11 Å². The molecule has 3 N–H and O–H groups in total. The molecule has 7 heteroatoms. The Labute approximate surface area is 202 Å². The number of benzene rings is 3. The molecule has 3 rings (SSSR count). The number of hydrogen-bond donors (Lipinski definition) is 3. The first-order chi connectivity index (χ1) is 15.6. The second kappa shape index (κ2) is 10.4. The van der Waals surface area contributed by atoms with Crippen LogP contribution in [0, 0.1) is 20.8 Å². The van der Waals surface area contributed by atoms with Gasteiger partial charge in [-0.2, -0.15) is 0 Å². The fraction of sp³-hybridized carbons (Fsp3) is 0.269. The third-order valence-corrected chi connectivity index (χ3v) is 7.26. The van der Waals surface area contributed by atoms with Gasteiger partial charge in [0.25, 0.3) is 10.0 Å². The van der Waals surface area contributed by atoms with E-state index < -0.39 is 10.0 Å². The number of rotatable bonds is 7. The zero-order valence-electron chi connectivity index (χ0n) is 19.7. The number of hydrogen-bond acceptors (Lipinski definition) is 3. The Hall–Kier alpha value is -2.90. The monoisotopic (exact) mass is 481 g/mol. The van der Waals surface area contributed by atoms with Gasteiger partial charge in [0.05, 0.1) is 10.6 Å². The minimum absolute atomic E-state index is 0.187. The molecule has 0 aliphatic rings. The maximum Gasteiger partial charge on any atom is 0.261 e. The van der Waals surface area contributed by atoms with Crippen molar-refractivity contribution in [1.29, 1.82) is 0 Å². The summed E-state index contributed by atoms with van der Waals surface area (Å²) in [5.41, 5.74) is 6.39. The molecule has 0 aromatic heterocycles. The summed E-state index contributed by atoms with van der Waals surface area (Å²) in [6.07, 6.45) is 1.10. The summed E-state index contributed by atoms with van der Waals surface area (Å²) in [6.45, 7) is 10.2. The van der Waals surface area contributed by atoms with E-state index in [2.05, 4.69) is 41.3 Å². The lowest BCUT2D eigenvalue weighted by molar-refractivity contribution is 0.601. The summed E-state index contributed by atoms with van der Waals surface area (Å²) in [5, 5.41) is 6.69. The summed E-state index contributed by atoms with van der Waals surface area (Å²) in [7, 11) is -3.70. The number of nitrogens with one attached hydrogen (secondary N) is 3. The lowest BCUT2D eigenvalue weighted by Gasteiger charge is -2.15. The van der Waals surface area contributed by atoms with Crippen molar-refractivity contribution < 1.29 is 8.42 Å². The van der Waals surface area contributed by atoms with Gasteiger partial charge in [-0.15, -0.1) is 0 Å². The van der Waals surface area contributed by atoms with Crippen LogP contribution in [-0.4, -0.2) is 13.5 Å². The Kier molecular flexibility index (Phi) is 7.76. The Bertz CT molecular complexity index is 1210. The maximum atomic E-state index is 12.9. The van der Waals surface area contributed by atoms with E-state index in [-0.39, 0.29) is 4.90 Å². The van der Waals surface area contributed by atoms with E-state index in [1.165, 1.54) is 5.56 Å². The second-order valence-corrected chi connectivity index (χ2v) is 10.5. The van der Waals surface area contributed by atoms with Crippen molar-refractivity contribution in [3.8, 4) is 0 Å². The summed E-state index contributed by atoms with van der Waals surface area (Å²) >= 11 is 5.40. The van der Waals surface area contributed by atoms with Crippen LogP contribution >= 0.6 is 12.2 Å². The van der Waals surface area contributed by atoms with Crippen molar-refractivity contribution in [2.45, 2.75) is 51.9 Å². The van der Waals surface area contributed by atoms with E-state index in [1.807, 2.05) is 45.0 Å². The molecule has 1 atom stereocenters. The van der Waals surface area contributed by atoms with Crippen LogP contribution in [0.5, 0.6) is 0 Å². The molecule has 0 saturated carbocycles. The molecule has 0 aliphatic carbocycles. The molecule has 0 unspecified atom stereocenters. The molecule has 0 bridgehead atoms. The largest absolute Gasteiger partial charge is 0.332 e. The van der Waals surface area contributed by atoms with Gasteiger partial charge in [-0.05, 0) is 98.4 Å². The van der Waals surface area contributed by atoms with Crippen molar-refractivity contribution in [2.75, 3.05) is 15.4 Å². The van der Waals surface area contributed by atoms with Crippen molar-refractivity contribution in [3.63, 3.8) is 0 Å². The van der Waals surface area contributed by atoms with Gasteiger partial charge < -0.3 is 10.6 Å². The van der Waals surface area contributed by atoms with Crippen LogP contribution in [0.4, 0.5) is 17.1 Å². The molecule has 33 heavy (non-hydrogen) atoms. The third-order valence-electron chi connectivity index (χ3n) is 5.69. The number of anilines is 3. The van der Waals surface area contributed by atoms with E-state index in [4.69, 9.17) is 12.2 Å². The second-order valence-electron chi connectivity index (χ2n) is 8.41. The Morgan fingerprint density at radius 2 is 1.36 bits per heavy atom. The molecule has 5 nitrogen and oxygen atoms in total. The predicted octanol–water partition coefficient (Wildman–Crippen LogP) is 6.74. The number of sulfonamides is 1.